The Hall–Kier alpha value is -2.42. The van der Waals surface area contributed by atoms with Crippen LogP contribution in [0.25, 0.3) is 11.0 Å². The highest BCUT2D eigenvalue weighted by Crippen LogP contribution is 2.25. The van der Waals surface area contributed by atoms with Gasteiger partial charge in [-0.2, -0.15) is 0 Å². The zero-order chi connectivity index (χ0) is 13.8. The highest BCUT2D eigenvalue weighted by atomic mass is 16.5. The molecule has 1 heterocycles. The molecule has 1 N–H and O–H groups in total. The van der Waals surface area contributed by atoms with Crippen LogP contribution in [-0.4, -0.2) is 6.61 Å². The third-order valence-electron chi connectivity index (χ3n) is 3.12. The van der Waals surface area contributed by atoms with Gasteiger partial charge in [-0.05, 0) is 31.2 Å². The van der Waals surface area contributed by atoms with E-state index < -0.39 is 0 Å². The minimum absolute atomic E-state index is 0.638. The van der Waals surface area contributed by atoms with Gasteiger partial charge in [0.2, 0.25) is 0 Å². The fourth-order valence-electron chi connectivity index (χ4n) is 2.20. The van der Waals surface area contributed by atoms with E-state index in [0.29, 0.717) is 13.2 Å². The summed E-state index contributed by atoms with van der Waals surface area (Å²) in [6, 6.07) is 18.0. The number of benzene rings is 2. The number of hydrogen-bond donors (Lipinski definition) is 1. The maximum atomic E-state index is 5.79. The Morgan fingerprint density at radius 3 is 2.70 bits per heavy atom. The van der Waals surface area contributed by atoms with E-state index in [1.807, 2.05) is 49.4 Å². The Labute approximate surface area is 118 Å². The summed E-state index contributed by atoms with van der Waals surface area (Å²) in [5.41, 5.74) is 1.90. The van der Waals surface area contributed by atoms with Crippen molar-refractivity contribution in [2.75, 3.05) is 11.9 Å². The van der Waals surface area contributed by atoms with Crippen LogP contribution in [0.4, 0.5) is 5.69 Å². The number of para-hydroxylation sites is 3. The molecule has 2 aromatic carbocycles. The Morgan fingerprint density at radius 1 is 1.05 bits per heavy atom. The zero-order valence-electron chi connectivity index (χ0n) is 11.4. The van der Waals surface area contributed by atoms with Crippen LogP contribution in [0, 0.1) is 0 Å². The maximum absolute atomic E-state index is 5.79. The maximum Gasteiger partial charge on any atom is 0.142 e. The number of ether oxygens (including phenoxy) is 1. The van der Waals surface area contributed by atoms with Gasteiger partial charge in [-0.3, -0.25) is 0 Å². The van der Waals surface area contributed by atoms with E-state index in [0.717, 1.165) is 28.2 Å². The van der Waals surface area contributed by atoms with E-state index in [-0.39, 0.29) is 0 Å². The molecule has 0 amide bonds. The van der Waals surface area contributed by atoms with Crippen molar-refractivity contribution >= 4 is 16.7 Å². The molecule has 3 aromatic rings. The summed E-state index contributed by atoms with van der Waals surface area (Å²) >= 11 is 0. The minimum Gasteiger partial charge on any atom is -0.492 e. The van der Waals surface area contributed by atoms with Crippen molar-refractivity contribution in [2.24, 2.45) is 0 Å². The van der Waals surface area contributed by atoms with Crippen molar-refractivity contribution in [1.29, 1.82) is 0 Å². The highest BCUT2D eigenvalue weighted by molar-refractivity contribution is 5.77. The Bertz CT molecular complexity index is 670. The van der Waals surface area contributed by atoms with Crippen molar-refractivity contribution in [3.63, 3.8) is 0 Å². The smallest absolute Gasteiger partial charge is 0.142 e. The summed E-state index contributed by atoms with van der Waals surface area (Å²) in [7, 11) is 0. The number of furan rings is 1. The van der Waals surface area contributed by atoms with Crippen LogP contribution in [0.15, 0.2) is 59.0 Å². The molecule has 20 heavy (non-hydrogen) atoms. The quantitative estimate of drug-likeness (QED) is 0.742. The summed E-state index contributed by atoms with van der Waals surface area (Å²) in [5, 5.41) is 4.48. The third kappa shape index (κ3) is 2.62. The number of hydrogen-bond acceptors (Lipinski definition) is 3. The second-order valence-corrected chi connectivity index (χ2v) is 4.53. The molecule has 0 unspecified atom stereocenters. The topological polar surface area (TPSA) is 34.4 Å². The molecule has 0 radical (unpaired) electrons. The molecule has 0 saturated carbocycles. The number of rotatable bonds is 5. The van der Waals surface area contributed by atoms with Crippen LogP contribution in [0.5, 0.6) is 5.75 Å². The molecule has 3 rings (SSSR count). The molecule has 0 aliphatic rings. The van der Waals surface area contributed by atoms with E-state index in [1.165, 1.54) is 0 Å². The van der Waals surface area contributed by atoms with Crippen LogP contribution in [0.2, 0.25) is 0 Å². The summed E-state index contributed by atoms with van der Waals surface area (Å²) < 4.78 is 11.4. The van der Waals surface area contributed by atoms with Crippen molar-refractivity contribution in [1.82, 2.24) is 0 Å². The predicted octanol–water partition coefficient (Wildman–Crippen LogP) is 4.44. The molecule has 0 aliphatic heterocycles. The minimum atomic E-state index is 0.638. The molecule has 1 aromatic heterocycles. The van der Waals surface area contributed by atoms with Gasteiger partial charge in [0.15, 0.2) is 0 Å². The van der Waals surface area contributed by atoms with Crippen LogP contribution in [0.3, 0.4) is 0 Å². The standard InChI is InChI=1S/C17H17NO2/c1-2-19-17-10-6-4-8-15(17)18-12-14-11-13-7-3-5-9-16(13)20-14/h3-11,18H,2,12H2,1H3. The average molecular weight is 267 g/mol. The summed E-state index contributed by atoms with van der Waals surface area (Å²) in [6.45, 7) is 3.28. The van der Waals surface area contributed by atoms with Gasteiger partial charge in [-0.1, -0.05) is 30.3 Å². The monoisotopic (exact) mass is 267 g/mol. The van der Waals surface area contributed by atoms with Gasteiger partial charge in [0.05, 0.1) is 18.8 Å². The van der Waals surface area contributed by atoms with Crippen LogP contribution in [0.1, 0.15) is 12.7 Å². The lowest BCUT2D eigenvalue weighted by Gasteiger charge is -2.10. The van der Waals surface area contributed by atoms with Crippen LogP contribution >= 0.6 is 0 Å². The molecule has 0 bridgehead atoms. The fourth-order valence-corrected chi connectivity index (χ4v) is 2.20. The fraction of sp³-hybridized carbons (Fsp3) is 0.176. The first-order valence-electron chi connectivity index (χ1n) is 6.80. The molecule has 0 saturated heterocycles. The summed E-state index contributed by atoms with van der Waals surface area (Å²) in [6.07, 6.45) is 0. The van der Waals surface area contributed by atoms with Crippen molar-refractivity contribution in [3.05, 3.63) is 60.4 Å². The Balaban J connectivity index is 1.76. The van der Waals surface area contributed by atoms with E-state index in [2.05, 4.69) is 17.4 Å². The Morgan fingerprint density at radius 2 is 1.85 bits per heavy atom. The molecular weight excluding hydrogens is 250 g/mol. The van der Waals surface area contributed by atoms with Gasteiger partial charge < -0.3 is 14.5 Å². The molecule has 102 valence electrons. The first-order chi connectivity index (χ1) is 9.86. The second-order valence-electron chi connectivity index (χ2n) is 4.53. The van der Waals surface area contributed by atoms with E-state index >= 15 is 0 Å². The number of fused-ring (bicyclic) bond motifs is 1. The van der Waals surface area contributed by atoms with Gasteiger partial charge in [-0.25, -0.2) is 0 Å². The normalized spacial score (nSPS) is 10.7. The summed E-state index contributed by atoms with van der Waals surface area (Å²) in [5.74, 6) is 1.78. The lowest BCUT2D eigenvalue weighted by atomic mass is 10.2. The predicted molar refractivity (Wildman–Crippen MR) is 81.2 cm³/mol. The first kappa shape index (κ1) is 12.6. The van der Waals surface area contributed by atoms with Gasteiger partial charge in [-0.15, -0.1) is 0 Å². The molecule has 0 fully saturated rings. The second kappa shape index (κ2) is 5.70. The van der Waals surface area contributed by atoms with Gasteiger partial charge in [0, 0.05) is 5.39 Å². The number of anilines is 1. The largest absolute Gasteiger partial charge is 0.492 e. The van der Waals surface area contributed by atoms with E-state index in [9.17, 15) is 0 Å². The van der Waals surface area contributed by atoms with Crippen LogP contribution in [-0.2, 0) is 6.54 Å². The highest BCUT2D eigenvalue weighted by Gasteiger charge is 2.05. The lowest BCUT2D eigenvalue weighted by Crippen LogP contribution is -2.01. The molecule has 0 atom stereocenters. The third-order valence-corrected chi connectivity index (χ3v) is 3.12. The van der Waals surface area contributed by atoms with E-state index in [4.69, 9.17) is 9.15 Å². The molecule has 0 aliphatic carbocycles. The SMILES string of the molecule is CCOc1ccccc1NCc1cc2ccccc2o1. The zero-order valence-corrected chi connectivity index (χ0v) is 11.4. The molecule has 0 spiro atoms. The molecular formula is C17H17NO2. The number of nitrogens with one attached hydrogen (secondary N) is 1. The van der Waals surface area contributed by atoms with E-state index in [1.54, 1.807) is 0 Å². The van der Waals surface area contributed by atoms with Crippen molar-refractivity contribution in [3.8, 4) is 5.75 Å². The van der Waals surface area contributed by atoms with Crippen molar-refractivity contribution < 1.29 is 9.15 Å². The van der Waals surface area contributed by atoms with Gasteiger partial charge in [0.1, 0.15) is 17.1 Å². The lowest BCUT2D eigenvalue weighted by molar-refractivity contribution is 0.341. The molecule has 3 nitrogen and oxygen atoms in total. The average Bonchev–Trinajstić information content (AvgIpc) is 2.89. The van der Waals surface area contributed by atoms with Crippen LogP contribution < -0.4 is 10.1 Å². The Kier molecular flexibility index (Phi) is 3.59. The molecule has 3 heteroatoms. The first-order valence-corrected chi connectivity index (χ1v) is 6.80. The van der Waals surface area contributed by atoms with Gasteiger partial charge in [0.25, 0.3) is 0 Å². The van der Waals surface area contributed by atoms with Crippen molar-refractivity contribution in [2.45, 2.75) is 13.5 Å². The van der Waals surface area contributed by atoms with Gasteiger partial charge >= 0.3 is 0 Å². The summed E-state index contributed by atoms with van der Waals surface area (Å²) in [4.78, 5) is 0.